The maximum Gasteiger partial charge on any atom is 0.277 e. The summed E-state index contributed by atoms with van der Waals surface area (Å²) in [5.41, 5.74) is -0.584. The summed E-state index contributed by atoms with van der Waals surface area (Å²) in [7, 11) is 0. The molecular weight excluding hydrogens is 450 g/mol. The standard InChI is InChI=1S/C21H23N5O6S/c1-3-8-24(9-4-2)20(28)14-6-5-7-16(10-14)22-21(33)23-19(27)15-11-17(25(29)30)13-18(12-15)26(31)32/h5-7,10-13H,3-4,8-9H2,1-2H3,(H2,22,23,27,33). The van der Waals surface area contributed by atoms with E-state index < -0.39 is 27.1 Å². The van der Waals surface area contributed by atoms with Gasteiger partial charge in [0.1, 0.15) is 0 Å². The zero-order valence-electron chi connectivity index (χ0n) is 18.1. The molecule has 0 unspecified atom stereocenters. The van der Waals surface area contributed by atoms with Gasteiger partial charge in [0, 0.05) is 36.5 Å². The zero-order valence-corrected chi connectivity index (χ0v) is 18.9. The second-order valence-corrected chi connectivity index (χ2v) is 7.44. The molecule has 0 aromatic heterocycles. The van der Waals surface area contributed by atoms with Gasteiger partial charge < -0.3 is 10.2 Å². The Morgan fingerprint density at radius 1 is 0.939 bits per heavy atom. The molecule has 0 radical (unpaired) electrons. The quantitative estimate of drug-likeness (QED) is 0.317. The summed E-state index contributed by atoms with van der Waals surface area (Å²) < 4.78 is 0. The van der Waals surface area contributed by atoms with Crippen molar-refractivity contribution in [3.63, 3.8) is 0 Å². The molecule has 0 fully saturated rings. The Morgan fingerprint density at radius 2 is 1.52 bits per heavy atom. The Morgan fingerprint density at radius 3 is 2.03 bits per heavy atom. The molecule has 0 saturated carbocycles. The van der Waals surface area contributed by atoms with Crippen LogP contribution in [0.5, 0.6) is 0 Å². The molecule has 0 aliphatic carbocycles. The maximum absolute atomic E-state index is 12.8. The molecule has 11 nitrogen and oxygen atoms in total. The first-order valence-electron chi connectivity index (χ1n) is 10.1. The van der Waals surface area contributed by atoms with Gasteiger partial charge in [-0.25, -0.2) is 0 Å². The Bertz CT molecular complexity index is 1050. The lowest BCUT2D eigenvalue weighted by atomic mass is 10.1. The number of nitrogens with zero attached hydrogens (tertiary/aromatic N) is 3. The minimum Gasteiger partial charge on any atom is -0.339 e. The fourth-order valence-electron chi connectivity index (χ4n) is 3.04. The van der Waals surface area contributed by atoms with Gasteiger partial charge in [0.15, 0.2) is 5.11 Å². The van der Waals surface area contributed by atoms with Crippen molar-refractivity contribution < 1.29 is 19.4 Å². The van der Waals surface area contributed by atoms with E-state index in [1.54, 1.807) is 29.2 Å². The second kappa shape index (κ2) is 11.6. The van der Waals surface area contributed by atoms with Crippen LogP contribution in [0.4, 0.5) is 17.1 Å². The van der Waals surface area contributed by atoms with Gasteiger partial charge in [-0.1, -0.05) is 19.9 Å². The third kappa shape index (κ3) is 7.04. The number of benzene rings is 2. The fraction of sp³-hybridized carbons (Fsp3) is 0.286. The van der Waals surface area contributed by atoms with Crippen LogP contribution in [0.25, 0.3) is 0 Å². The van der Waals surface area contributed by atoms with Crippen LogP contribution in [0.15, 0.2) is 42.5 Å². The minimum absolute atomic E-state index is 0.124. The smallest absolute Gasteiger partial charge is 0.277 e. The van der Waals surface area contributed by atoms with E-state index in [-0.39, 0.29) is 16.6 Å². The van der Waals surface area contributed by atoms with Crippen LogP contribution in [0, 0.1) is 20.2 Å². The average molecular weight is 474 g/mol. The number of hydrogen-bond donors (Lipinski definition) is 2. The van der Waals surface area contributed by atoms with E-state index in [0.29, 0.717) is 24.3 Å². The number of carbonyl (C=O) groups excluding carboxylic acids is 2. The van der Waals surface area contributed by atoms with Crippen molar-refractivity contribution in [1.29, 1.82) is 0 Å². The summed E-state index contributed by atoms with van der Waals surface area (Å²) in [6, 6.07) is 9.18. The van der Waals surface area contributed by atoms with Crippen molar-refractivity contribution in [2.45, 2.75) is 26.7 Å². The predicted octanol–water partition coefficient (Wildman–Crippen LogP) is 3.89. The van der Waals surface area contributed by atoms with E-state index in [1.807, 2.05) is 13.8 Å². The number of nitro benzene ring substituents is 2. The van der Waals surface area contributed by atoms with Crippen LogP contribution in [-0.4, -0.2) is 44.8 Å². The van der Waals surface area contributed by atoms with Gasteiger partial charge >= 0.3 is 0 Å². The first kappa shape index (κ1) is 25.3. The van der Waals surface area contributed by atoms with Crippen LogP contribution in [0.3, 0.4) is 0 Å². The number of nitrogens with one attached hydrogen (secondary N) is 2. The van der Waals surface area contributed by atoms with E-state index in [1.165, 1.54) is 0 Å². The first-order chi connectivity index (χ1) is 15.7. The Hall–Kier alpha value is -3.93. The van der Waals surface area contributed by atoms with E-state index in [9.17, 15) is 29.8 Å². The molecule has 2 aromatic rings. The molecule has 0 aliphatic heterocycles. The number of anilines is 1. The highest BCUT2D eigenvalue weighted by atomic mass is 32.1. The zero-order chi connectivity index (χ0) is 24.5. The maximum atomic E-state index is 12.8. The predicted molar refractivity (Wildman–Crippen MR) is 126 cm³/mol. The average Bonchev–Trinajstić information content (AvgIpc) is 2.78. The van der Waals surface area contributed by atoms with E-state index in [0.717, 1.165) is 31.0 Å². The molecule has 12 heteroatoms. The Labute approximate surface area is 195 Å². The molecule has 2 aromatic carbocycles. The van der Waals surface area contributed by atoms with Crippen molar-refractivity contribution in [2.75, 3.05) is 18.4 Å². The molecule has 2 N–H and O–H groups in total. The summed E-state index contributed by atoms with van der Waals surface area (Å²) in [5.74, 6) is -0.982. The fourth-order valence-corrected chi connectivity index (χ4v) is 3.25. The van der Waals surface area contributed by atoms with Gasteiger partial charge in [0.05, 0.1) is 21.5 Å². The van der Waals surface area contributed by atoms with Crippen molar-refractivity contribution in [2.24, 2.45) is 0 Å². The molecule has 0 spiro atoms. The largest absolute Gasteiger partial charge is 0.339 e. The summed E-state index contributed by atoms with van der Waals surface area (Å²) in [6.45, 7) is 5.25. The molecule has 0 atom stereocenters. The third-order valence-corrected chi connectivity index (χ3v) is 4.66. The molecule has 2 rings (SSSR count). The molecule has 0 heterocycles. The monoisotopic (exact) mass is 473 g/mol. The molecule has 0 bridgehead atoms. The van der Waals surface area contributed by atoms with Crippen molar-refractivity contribution in [3.05, 3.63) is 73.8 Å². The topological polar surface area (TPSA) is 148 Å². The van der Waals surface area contributed by atoms with Gasteiger partial charge in [-0.3, -0.25) is 35.1 Å². The van der Waals surface area contributed by atoms with Crippen LogP contribution in [0.1, 0.15) is 47.4 Å². The summed E-state index contributed by atoms with van der Waals surface area (Å²) in [4.78, 5) is 47.4. The second-order valence-electron chi connectivity index (χ2n) is 7.03. The normalized spacial score (nSPS) is 10.2. The van der Waals surface area contributed by atoms with Crippen LogP contribution < -0.4 is 10.6 Å². The van der Waals surface area contributed by atoms with Crippen LogP contribution in [0.2, 0.25) is 0 Å². The first-order valence-corrected chi connectivity index (χ1v) is 10.5. The van der Waals surface area contributed by atoms with E-state index >= 15 is 0 Å². The third-order valence-electron chi connectivity index (χ3n) is 4.46. The van der Waals surface area contributed by atoms with Crippen LogP contribution >= 0.6 is 12.2 Å². The number of non-ortho nitro benzene ring substituents is 2. The van der Waals surface area contributed by atoms with Gasteiger partial charge in [-0.15, -0.1) is 0 Å². The molecule has 0 saturated heterocycles. The Balaban J connectivity index is 2.14. The number of thiocarbonyl (C=S) groups is 1. The highest BCUT2D eigenvalue weighted by molar-refractivity contribution is 7.80. The molecule has 0 aliphatic rings. The van der Waals surface area contributed by atoms with Gasteiger partial charge in [-0.2, -0.15) is 0 Å². The highest BCUT2D eigenvalue weighted by Gasteiger charge is 2.20. The lowest BCUT2D eigenvalue weighted by molar-refractivity contribution is -0.394. The molecule has 174 valence electrons. The van der Waals surface area contributed by atoms with Crippen LogP contribution in [-0.2, 0) is 0 Å². The lowest BCUT2D eigenvalue weighted by Gasteiger charge is -2.21. The molecule has 2 amide bonds. The number of amides is 2. The van der Waals surface area contributed by atoms with E-state index in [2.05, 4.69) is 10.6 Å². The summed E-state index contributed by atoms with van der Waals surface area (Å²) >= 11 is 5.12. The Kier molecular flexibility index (Phi) is 8.92. The SMILES string of the molecule is CCCN(CCC)C(=O)c1cccc(NC(=S)NC(=O)c2cc([N+](=O)[O-])cc([N+](=O)[O-])c2)c1. The number of hydrogen-bond acceptors (Lipinski definition) is 7. The highest BCUT2D eigenvalue weighted by Crippen LogP contribution is 2.22. The van der Waals surface area contributed by atoms with Crippen molar-refractivity contribution in [3.8, 4) is 0 Å². The van der Waals surface area contributed by atoms with Crippen molar-refractivity contribution in [1.82, 2.24) is 10.2 Å². The minimum atomic E-state index is -0.858. The lowest BCUT2D eigenvalue weighted by Crippen LogP contribution is -2.34. The summed E-state index contributed by atoms with van der Waals surface area (Å²) in [5, 5.41) is 27.0. The van der Waals surface area contributed by atoms with Gasteiger partial charge in [-0.05, 0) is 43.3 Å². The molecule has 33 heavy (non-hydrogen) atoms. The van der Waals surface area contributed by atoms with E-state index in [4.69, 9.17) is 12.2 Å². The number of nitro groups is 2. The van der Waals surface area contributed by atoms with Gasteiger partial charge in [0.2, 0.25) is 0 Å². The number of rotatable bonds is 9. The van der Waals surface area contributed by atoms with Crippen molar-refractivity contribution >= 4 is 46.2 Å². The molecular formula is C21H23N5O6S. The number of carbonyl (C=O) groups is 2. The van der Waals surface area contributed by atoms with Gasteiger partial charge in [0.25, 0.3) is 23.2 Å². The summed E-state index contributed by atoms with van der Waals surface area (Å²) in [6.07, 6.45) is 1.66.